The van der Waals surface area contributed by atoms with Gasteiger partial charge in [-0.05, 0) is 110 Å². The average molecular weight is 1240 g/mol. The highest BCUT2D eigenvalue weighted by Gasteiger charge is 2.56. The molecule has 6 atom stereocenters. The molecule has 83 heavy (non-hydrogen) atoms. The number of nitriles is 1. The lowest BCUT2D eigenvalue weighted by Crippen LogP contribution is -2.50. The minimum Gasteiger partial charge on any atom is -0.497 e. The van der Waals surface area contributed by atoms with Crippen molar-refractivity contribution in [2.45, 2.75) is 160 Å². The molecule has 0 radical (unpaired) electrons. The summed E-state index contributed by atoms with van der Waals surface area (Å²) in [6, 6.07) is 37.0. The molecule has 1 aliphatic heterocycles. The Morgan fingerprint density at radius 1 is 0.771 bits per heavy atom. The Morgan fingerprint density at radius 3 is 1.92 bits per heavy atom. The topological polar surface area (TPSA) is 183 Å². The molecule has 17 nitrogen and oxygen atoms in total. The van der Waals surface area contributed by atoms with Crippen LogP contribution in [-0.2, 0) is 38.0 Å². The molecule has 0 aliphatic carbocycles. The quantitative estimate of drug-likeness (QED) is 0.0102. The van der Waals surface area contributed by atoms with Crippen LogP contribution in [0.25, 0.3) is 11.2 Å². The lowest BCUT2D eigenvalue weighted by molar-refractivity contribution is -0.162. The molecule has 7 rings (SSSR count). The van der Waals surface area contributed by atoms with E-state index in [4.69, 9.17) is 51.9 Å². The molecule has 2 aromatic heterocycles. The first-order chi connectivity index (χ1) is 40.0. The van der Waals surface area contributed by atoms with E-state index in [0.29, 0.717) is 34.8 Å². The predicted octanol–water partition coefficient (Wildman–Crippen LogP) is 14.1. The molecule has 3 heterocycles. The molecule has 0 spiro atoms. The number of unbranched alkanes of at least 4 members (excludes halogenated alkanes) is 2. The number of anilines is 1. The van der Waals surface area contributed by atoms with E-state index in [2.05, 4.69) is 118 Å². The first-order valence-electron chi connectivity index (χ1n) is 28.9. The van der Waals surface area contributed by atoms with E-state index >= 15 is 0 Å². The van der Waals surface area contributed by atoms with Crippen LogP contribution in [0.2, 0.25) is 16.6 Å². The van der Waals surface area contributed by atoms with Gasteiger partial charge >= 0.3 is 0 Å². The molecule has 1 unspecified atom stereocenters. The van der Waals surface area contributed by atoms with Crippen LogP contribution in [0.1, 0.15) is 128 Å². The van der Waals surface area contributed by atoms with Gasteiger partial charge in [-0.15, -0.1) is 0 Å². The van der Waals surface area contributed by atoms with Crippen LogP contribution in [0.5, 0.6) is 11.5 Å². The molecule has 20 heteroatoms. The second-order valence-corrected chi connectivity index (χ2v) is 29.8. The van der Waals surface area contributed by atoms with Crippen LogP contribution in [0.3, 0.4) is 0 Å². The summed E-state index contributed by atoms with van der Waals surface area (Å²) in [6.07, 6.45) is 0.976. The molecule has 1 aliphatic rings. The van der Waals surface area contributed by atoms with Gasteiger partial charge in [-0.25, -0.2) is 19.6 Å². The molecule has 0 bridgehead atoms. The number of nitrogens with one attached hydrogen (secondary N) is 1. The summed E-state index contributed by atoms with van der Waals surface area (Å²) >= 11 is 3.61. The summed E-state index contributed by atoms with van der Waals surface area (Å²) in [7, 11) is -1.21. The van der Waals surface area contributed by atoms with E-state index in [0.717, 1.165) is 41.3 Å². The predicted molar refractivity (Wildman–Crippen MR) is 331 cm³/mol. The Balaban J connectivity index is 1.49. The maximum Gasteiger partial charge on any atom is 0.259 e. The lowest BCUT2D eigenvalue weighted by atomic mass is 9.79. The Kier molecular flexibility index (Phi) is 24.6. The van der Waals surface area contributed by atoms with Crippen LogP contribution in [0, 0.1) is 11.3 Å². The van der Waals surface area contributed by atoms with Gasteiger partial charge in [-0.3, -0.25) is 9.36 Å². The molecule has 448 valence electrons. The van der Waals surface area contributed by atoms with E-state index in [-0.39, 0.29) is 66.9 Å². The molecular formula is C63H85BrN7O10PSi. The fraction of sp³-hybridized carbons (Fsp3) is 0.508. The van der Waals surface area contributed by atoms with Gasteiger partial charge in [0.05, 0.1) is 46.3 Å². The van der Waals surface area contributed by atoms with E-state index in [1.54, 1.807) is 44.8 Å². The van der Waals surface area contributed by atoms with Crippen molar-refractivity contribution in [2.24, 2.45) is 0 Å². The maximum atomic E-state index is 13.7. The number of benzene rings is 4. The van der Waals surface area contributed by atoms with Gasteiger partial charge in [-0.1, -0.05) is 137 Å². The zero-order chi connectivity index (χ0) is 59.7. The third kappa shape index (κ3) is 15.4. The first-order valence-corrected chi connectivity index (χ1v) is 33.3. The Morgan fingerprint density at radius 2 is 1.36 bits per heavy atom. The van der Waals surface area contributed by atoms with Gasteiger partial charge < -0.3 is 47.2 Å². The minimum atomic E-state index is -2.55. The van der Waals surface area contributed by atoms with E-state index in [9.17, 15) is 10.1 Å². The number of amides is 1. The number of fused-ring (bicyclic) bond motifs is 1. The van der Waals surface area contributed by atoms with E-state index in [1.165, 1.54) is 6.33 Å². The number of methoxy groups -OCH3 is 2. The average Bonchev–Trinajstić information content (AvgIpc) is 2.66. The lowest BCUT2D eigenvalue weighted by Gasteiger charge is -2.43. The highest BCUT2D eigenvalue weighted by Crippen LogP contribution is 2.53. The van der Waals surface area contributed by atoms with Crippen molar-refractivity contribution in [3.8, 4) is 17.6 Å². The van der Waals surface area contributed by atoms with Gasteiger partial charge in [0.25, 0.3) is 14.4 Å². The second-order valence-electron chi connectivity index (χ2n) is 22.2. The third-order valence-corrected chi connectivity index (χ3v) is 24.1. The molecular weight excluding hydrogens is 1150 g/mol. The van der Waals surface area contributed by atoms with Crippen molar-refractivity contribution >= 4 is 55.7 Å². The highest BCUT2D eigenvalue weighted by atomic mass is 79.9. The number of hydrogen-bond acceptors (Lipinski definition) is 15. The van der Waals surface area contributed by atoms with E-state index < -0.39 is 53.1 Å². The summed E-state index contributed by atoms with van der Waals surface area (Å²) in [4.78, 5) is 28.0. The molecule has 4 aromatic carbocycles. The number of carbonyl (C=O) groups is 1. The minimum absolute atomic E-state index is 0.0492. The summed E-state index contributed by atoms with van der Waals surface area (Å²) in [5.74, 6) is 1.21. The largest absolute Gasteiger partial charge is 0.497 e. The molecule has 1 fully saturated rings. The number of rotatable bonds is 33. The van der Waals surface area contributed by atoms with E-state index in [1.807, 2.05) is 77.4 Å². The highest BCUT2D eigenvalue weighted by molar-refractivity contribution is 9.09. The normalized spacial score (nSPS) is 17.5. The van der Waals surface area contributed by atoms with Gasteiger partial charge in [0, 0.05) is 29.6 Å². The summed E-state index contributed by atoms with van der Waals surface area (Å²) in [5, 5.41) is 13.7. The standard InChI is InChI=1S/C63H85BrN7O10PSi/c1-43(2)71(44(3)4)82(77-38-22-36-65)81-57-56(54(39-75-37-21-15-20-35-64)80-63(49-25-18-14-19-26-49,50-27-31-52(73-11)32-28-50)51-29-33-53(74-12)34-30-51)79-62(58(57)76-42-78-83(45(5)6,46(7)8)47(9)10)70-41-68-55-59(66-40-67-60(55)70)69-61(72)48-23-16-13-17-24-48/h13-14,16-19,23-34,40-41,43-47,54,56-58,62H,15,20-22,35,37-39,42H2,1-12H3,(H,66,67,69,72)/t54-,56-,57-,58-,62-,82?/m1/s1. The van der Waals surface area contributed by atoms with Gasteiger partial charge in [0.1, 0.15) is 54.6 Å². The van der Waals surface area contributed by atoms with Crippen molar-refractivity contribution in [3.63, 3.8) is 0 Å². The molecule has 1 amide bonds. The van der Waals surface area contributed by atoms with Crippen LogP contribution < -0.4 is 14.8 Å². The number of ether oxygens (including phenoxy) is 6. The fourth-order valence-corrected chi connectivity index (χ4v) is 19.0. The maximum absolute atomic E-state index is 13.7. The Hall–Kier alpha value is -5.20. The number of alkyl halides is 1. The van der Waals surface area contributed by atoms with Crippen molar-refractivity contribution in [2.75, 3.05) is 51.5 Å². The number of carbonyl (C=O) groups excluding carboxylic acids is 1. The monoisotopic (exact) mass is 1240 g/mol. The van der Waals surface area contributed by atoms with Crippen LogP contribution >= 0.6 is 24.5 Å². The molecule has 1 N–H and O–H groups in total. The van der Waals surface area contributed by atoms with Gasteiger partial charge in [0.2, 0.25) is 8.32 Å². The Bertz CT molecular complexity index is 2880. The smallest absolute Gasteiger partial charge is 0.259 e. The number of imidazole rings is 1. The van der Waals surface area contributed by atoms with Gasteiger partial charge in [-0.2, -0.15) is 5.26 Å². The summed E-state index contributed by atoms with van der Waals surface area (Å²) in [6.45, 7) is 22.4. The summed E-state index contributed by atoms with van der Waals surface area (Å²) < 4.78 is 67.1. The van der Waals surface area contributed by atoms with Crippen molar-refractivity contribution in [1.82, 2.24) is 24.2 Å². The first kappa shape index (κ1) is 65.3. The van der Waals surface area contributed by atoms with Gasteiger partial charge in [0.15, 0.2) is 23.2 Å². The number of nitrogens with zero attached hydrogens (tertiary/aromatic N) is 6. The number of aromatic nitrogens is 4. The molecule has 6 aromatic rings. The van der Waals surface area contributed by atoms with Crippen molar-refractivity contribution in [1.29, 1.82) is 5.26 Å². The SMILES string of the molecule is COc1ccc(C(O[C@H](COCCCCCBr)[C@H]2O[C@@H](n3cnc4c(NC(=O)c5ccccc5)ncnc43)[C@H](OCO[Si](C(C)C)(C(C)C)C(C)C)[C@@H]2OP(OCCC#N)N(C(C)C)C(C)C)(c2ccccc2)c2ccc(OC)cc2)cc1. The van der Waals surface area contributed by atoms with Crippen molar-refractivity contribution < 1.29 is 46.7 Å². The fourth-order valence-electron chi connectivity index (χ4n) is 11.6. The third-order valence-electron chi connectivity index (χ3n) is 15.3. The van der Waals surface area contributed by atoms with Crippen molar-refractivity contribution in [3.05, 3.63) is 144 Å². The van der Waals surface area contributed by atoms with Crippen LogP contribution in [0.15, 0.2) is 122 Å². The zero-order valence-corrected chi connectivity index (χ0v) is 53.8. The number of hydrogen-bond donors (Lipinski definition) is 1. The molecule has 1 saturated heterocycles. The Labute approximate surface area is 502 Å². The molecule has 0 saturated carbocycles. The summed E-state index contributed by atoms with van der Waals surface area (Å²) in [5.41, 5.74) is 2.99. The number of halogens is 1. The second kappa shape index (κ2) is 31.3. The van der Waals surface area contributed by atoms with Crippen LogP contribution in [-0.4, -0.2) is 121 Å². The zero-order valence-electron chi connectivity index (χ0n) is 50.3. The van der Waals surface area contributed by atoms with Crippen LogP contribution in [0.4, 0.5) is 5.82 Å².